The molecule has 0 aliphatic heterocycles. The minimum atomic E-state index is -1.31. The zero-order valence-corrected chi connectivity index (χ0v) is 8.15. The van der Waals surface area contributed by atoms with Crippen LogP contribution in [0.15, 0.2) is 0 Å². The summed E-state index contributed by atoms with van der Waals surface area (Å²) in [5.74, 6) is 0. The van der Waals surface area contributed by atoms with Gasteiger partial charge < -0.3 is 0 Å². The Morgan fingerprint density at radius 1 is 1.83 bits per heavy atom. The standard InChI is InChI=1S/Cl2H3P3.Ni/c1-5(2)4-3;/h4H,3H2;/p+1/i4D;. The molecule has 6 heavy (non-hydrogen) atoms. The summed E-state index contributed by atoms with van der Waals surface area (Å²) in [5, 5.41) is 0. The molecule has 0 N–H and O–H groups in total. The van der Waals surface area contributed by atoms with E-state index in [2.05, 4.69) is 8.93 Å². The molecule has 0 aromatic carbocycles. The van der Waals surface area contributed by atoms with Gasteiger partial charge in [-0.05, 0) is 0 Å². The first-order valence-corrected chi connectivity index (χ1v) is 7.74. The van der Waals surface area contributed by atoms with E-state index in [-0.39, 0.29) is 16.5 Å². The molecule has 0 aliphatic rings. The summed E-state index contributed by atoms with van der Waals surface area (Å²) in [6.45, 7) is 0. The SMILES string of the molecule is [2H]P(P)[PH+](Cl)Cl.[Ni]. The van der Waals surface area contributed by atoms with E-state index >= 15 is 0 Å². The Hall–Kier alpha value is 2.36. The molecule has 0 aliphatic carbocycles. The van der Waals surface area contributed by atoms with Crippen LogP contribution in [-0.2, 0) is 16.5 Å². The smallest absolute Gasteiger partial charge is 0.0698 e. The second kappa shape index (κ2) is 7.36. The third-order valence-electron chi connectivity index (χ3n) is 0.0976. The van der Waals surface area contributed by atoms with Gasteiger partial charge in [-0.2, -0.15) is 0 Å². The summed E-state index contributed by atoms with van der Waals surface area (Å²) in [4.78, 5) is 0. The van der Waals surface area contributed by atoms with Gasteiger partial charge >= 0.3 is 0 Å². The van der Waals surface area contributed by atoms with Crippen LogP contribution in [-0.4, -0.2) is 1.28 Å². The number of hydrogen-bond acceptors (Lipinski definition) is 0. The summed E-state index contributed by atoms with van der Waals surface area (Å²) in [6, 6.07) is 0. The monoisotopic (exact) mass is 226 g/mol. The molecule has 42 valence electrons. The first-order valence-electron chi connectivity index (χ1n) is 1.31. The molecule has 0 rings (SSSR count). The maximum atomic E-state index is 6.84. The van der Waals surface area contributed by atoms with E-state index in [4.69, 9.17) is 23.8 Å². The molecule has 0 aromatic rings. The van der Waals surface area contributed by atoms with Gasteiger partial charge in [0, 0.05) is 16.5 Å². The van der Waals surface area contributed by atoms with E-state index < -0.39 is 14.2 Å². The van der Waals surface area contributed by atoms with E-state index in [9.17, 15) is 0 Å². The van der Waals surface area contributed by atoms with Crippen molar-refractivity contribution in [1.82, 2.24) is 0 Å². The molecular weight excluding hydrogens is 223 g/mol. The molecule has 0 spiro atoms. The molecule has 2 unspecified atom stereocenters. The molecule has 0 amide bonds. The maximum Gasteiger partial charge on any atom is 0.217 e. The molecule has 0 radical (unpaired) electrons. The normalized spacial score (nSPS) is 15.7. The van der Waals surface area contributed by atoms with Crippen LogP contribution in [0.5, 0.6) is 0 Å². The Morgan fingerprint density at radius 2 is 2.00 bits per heavy atom. The number of rotatable bonds is 1. The first kappa shape index (κ1) is 8.36. The van der Waals surface area contributed by atoms with Crippen molar-refractivity contribution in [3.8, 4) is 0 Å². The molecule has 0 heterocycles. The largest absolute Gasteiger partial charge is 0.217 e. The van der Waals surface area contributed by atoms with Gasteiger partial charge in [0.1, 0.15) is 23.8 Å². The van der Waals surface area contributed by atoms with E-state index in [1.165, 1.54) is 0 Å². The maximum absolute atomic E-state index is 6.84. The number of halogens is 2. The summed E-state index contributed by atoms with van der Waals surface area (Å²) in [7, 11) is 1.43. The van der Waals surface area contributed by atoms with Crippen LogP contribution in [0, 0.1) is 0 Å². The molecule has 2 atom stereocenters. The minimum absolute atomic E-state index is 0. The second-order valence-corrected chi connectivity index (χ2v) is 9.98. The van der Waals surface area contributed by atoms with E-state index in [0.29, 0.717) is 0 Å². The third kappa shape index (κ3) is 9.61. The van der Waals surface area contributed by atoms with Gasteiger partial charge in [-0.15, -0.1) is 0 Å². The van der Waals surface area contributed by atoms with Crippen molar-refractivity contribution in [3.63, 3.8) is 0 Å². The van der Waals surface area contributed by atoms with Crippen LogP contribution in [0.4, 0.5) is 0 Å². The summed E-state index contributed by atoms with van der Waals surface area (Å²) < 4.78 is 6.84. The summed E-state index contributed by atoms with van der Waals surface area (Å²) in [5.41, 5.74) is 0. The van der Waals surface area contributed by atoms with Crippen molar-refractivity contribution in [1.29, 1.82) is 1.28 Å². The Bertz CT molecular complexity index is 33.9. The minimum Gasteiger partial charge on any atom is -0.0698 e. The van der Waals surface area contributed by atoms with Crippen LogP contribution in [0.25, 0.3) is 0 Å². The van der Waals surface area contributed by atoms with Gasteiger partial charge in [0.2, 0.25) is 6.32 Å². The van der Waals surface area contributed by atoms with Crippen LogP contribution >= 0.6 is 45.6 Å². The van der Waals surface area contributed by atoms with Crippen molar-refractivity contribution in [2.24, 2.45) is 0 Å². The van der Waals surface area contributed by atoms with Gasteiger partial charge in [0.25, 0.3) is 0 Å². The molecule has 0 aromatic heterocycles. The second-order valence-electron chi connectivity index (χ2n) is 0.370. The van der Waals surface area contributed by atoms with Gasteiger partial charge in [-0.3, -0.25) is 0 Å². The summed E-state index contributed by atoms with van der Waals surface area (Å²) >= 11 is 10.6. The zero-order chi connectivity index (χ0) is 5.15. The van der Waals surface area contributed by atoms with Gasteiger partial charge in [0.15, 0.2) is 0 Å². The quantitative estimate of drug-likeness (QED) is 0.477. The van der Waals surface area contributed by atoms with Gasteiger partial charge in [-0.25, -0.2) is 0 Å². The van der Waals surface area contributed by atoms with Crippen LogP contribution in [0.3, 0.4) is 0 Å². The summed E-state index contributed by atoms with van der Waals surface area (Å²) in [6.07, 6.45) is -1.31. The van der Waals surface area contributed by atoms with Crippen LogP contribution < -0.4 is 0 Å². The fourth-order valence-corrected chi connectivity index (χ4v) is 0. The molecule has 0 nitrogen and oxygen atoms in total. The van der Waals surface area contributed by atoms with Crippen molar-refractivity contribution in [3.05, 3.63) is 0 Å². The van der Waals surface area contributed by atoms with Crippen LogP contribution in [0.2, 0.25) is 0 Å². The zero-order valence-electron chi connectivity index (χ0n) is 3.60. The molecule has 0 fully saturated rings. The first-order chi connectivity index (χ1) is 2.64. The van der Waals surface area contributed by atoms with E-state index in [0.717, 1.165) is 0 Å². The topological polar surface area (TPSA) is 0 Å². The van der Waals surface area contributed by atoms with Gasteiger partial charge in [0.05, 0.1) is 7.90 Å². The van der Waals surface area contributed by atoms with E-state index in [1.807, 2.05) is 0 Å². The molecular formula is H4Cl2NiP3+. The molecule has 0 saturated heterocycles. The fourth-order valence-electron chi connectivity index (χ4n) is 0. The predicted molar refractivity (Wildman–Crippen MR) is 38.0 cm³/mol. The predicted octanol–water partition coefficient (Wildman–Crippen LogP) is 2.89. The molecule has 0 saturated carbocycles. The third-order valence-corrected chi connectivity index (χ3v) is 7.90. The molecule has 6 heteroatoms. The Balaban J connectivity index is 0. The van der Waals surface area contributed by atoms with Gasteiger partial charge in [-0.1, -0.05) is 8.93 Å². The number of hydrogen-bond donors (Lipinski definition) is 0. The Kier molecular flexibility index (Phi) is 10.3. The van der Waals surface area contributed by atoms with E-state index in [1.54, 1.807) is 0 Å². The van der Waals surface area contributed by atoms with Crippen molar-refractivity contribution in [2.75, 3.05) is 0 Å². The Morgan fingerprint density at radius 3 is 2.00 bits per heavy atom. The average Bonchev–Trinajstić information content (AvgIpc) is 1.36. The molecule has 0 bridgehead atoms. The fraction of sp³-hybridized carbons (Fsp3) is 0. The van der Waals surface area contributed by atoms with Crippen molar-refractivity contribution >= 4 is 45.6 Å². The van der Waals surface area contributed by atoms with Crippen LogP contribution in [0.1, 0.15) is 0 Å². The Labute approximate surface area is 63.4 Å². The van der Waals surface area contributed by atoms with Crippen molar-refractivity contribution in [2.45, 2.75) is 0 Å². The van der Waals surface area contributed by atoms with Crippen molar-refractivity contribution < 1.29 is 16.5 Å². The average molecular weight is 228 g/mol.